The molecule has 4 aromatic rings. The Labute approximate surface area is 162 Å². The van der Waals surface area contributed by atoms with E-state index in [0.717, 1.165) is 0 Å². The topological polar surface area (TPSA) is 72.2 Å². The molecule has 0 fully saturated rings. The van der Waals surface area contributed by atoms with Crippen LogP contribution in [0.1, 0.15) is 10.4 Å². The van der Waals surface area contributed by atoms with Crippen molar-refractivity contribution in [3.63, 3.8) is 0 Å². The van der Waals surface area contributed by atoms with Gasteiger partial charge in [-0.3, -0.25) is 4.79 Å². The monoisotopic (exact) mass is 420 g/mol. The van der Waals surface area contributed by atoms with Crippen molar-refractivity contribution in [3.8, 4) is 11.5 Å². The second-order valence-corrected chi connectivity index (χ2v) is 6.69. The van der Waals surface area contributed by atoms with Gasteiger partial charge in [-0.1, -0.05) is 30.3 Å². The van der Waals surface area contributed by atoms with Crippen LogP contribution in [0, 0.1) is 0 Å². The Morgan fingerprint density at radius 1 is 0.963 bits per heavy atom. The lowest BCUT2D eigenvalue weighted by Crippen LogP contribution is -2.12. The zero-order chi connectivity index (χ0) is 18.8. The van der Waals surface area contributed by atoms with Crippen LogP contribution in [0.15, 0.2) is 86.5 Å². The second kappa shape index (κ2) is 7.17. The number of fused-ring (bicyclic) bond motifs is 1. The van der Waals surface area contributed by atoms with Gasteiger partial charge in [0.2, 0.25) is 5.89 Å². The lowest BCUT2D eigenvalue weighted by Gasteiger charge is -2.08. The van der Waals surface area contributed by atoms with Crippen LogP contribution >= 0.6 is 15.9 Å². The molecule has 0 aliphatic heterocycles. The minimum absolute atomic E-state index is 0.204. The van der Waals surface area contributed by atoms with Gasteiger partial charge in [0, 0.05) is 15.7 Å². The first-order valence-corrected chi connectivity index (χ1v) is 8.97. The minimum atomic E-state index is -0.446. The summed E-state index contributed by atoms with van der Waals surface area (Å²) in [4.78, 5) is 29.1. The fourth-order valence-electron chi connectivity index (χ4n) is 2.72. The highest BCUT2D eigenvalue weighted by molar-refractivity contribution is 9.10. The van der Waals surface area contributed by atoms with Crippen molar-refractivity contribution in [3.05, 3.63) is 93.3 Å². The molecule has 0 radical (unpaired) electrons. The fraction of sp³-hybridized carbons (Fsp3) is 0. The van der Waals surface area contributed by atoms with E-state index >= 15 is 0 Å². The third kappa shape index (κ3) is 3.52. The normalized spacial score (nSPS) is 10.7. The van der Waals surface area contributed by atoms with E-state index in [9.17, 15) is 9.59 Å². The van der Waals surface area contributed by atoms with Gasteiger partial charge in [-0.05, 0) is 58.4 Å². The van der Waals surface area contributed by atoms with Crippen molar-refractivity contribution in [1.29, 1.82) is 0 Å². The van der Waals surface area contributed by atoms with E-state index < -0.39 is 5.63 Å². The molecule has 3 aromatic carbocycles. The molecule has 1 amide bonds. The number of carbonyl (C=O) groups excluding carboxylic acids is 1. The Bertz CT molecular complexity index is 1220. The van der Waals surface area contributed by atoms with E-state index in [1.165, 1.54) is 0 Å². The van der Waals surface area contributed by atoms with Crippen molar-refractivity contribution >= 4 is 38.4 Å². The van der Waals surface area contributed by atoms with Crippen LogP contribution < -0.4 is 10.9 Å². The summed E-state index contributed by atoms with van der Waals surface area (Å²) in [7, 11) is 0. The Hall–Kier alpha value is -3.25. The molecule has 0 spiro atoms. The molecular formula is C21H13BrN2O3. The number of hydrogen-bond donors (Lipinski definition) is 1. The summed E-state index contributed by atoms with van der Waals surface area (Å²) in [5.41, 5.74) is 1.82. The average Bonchev–Trinajstić information content (AvgIpc) is 2.68. The van der Waals surface area contributed by atoms with E-state index in [1.54, 1.807) is 60.7 Å². The van der Waals surface area contributed by atoms with Crippen LogP contribution in [0.25, 0.3) is 22.4 Å². The van der Waals surface area contributed by atoms with Crippen molar-refractivity contribution < 1.29 is 9.21 Å². The number of aromatic nitrogens is 1. The number of anilines is 1. The minimum Gasteiger partial charge on any atom is -0.403 e. The molecular weight excluding hydrogens is 408 g/mol. The zero-order valence-electron chi connectivity index (χ0n) is 14.0. The van der Waals surface area contributed by atoms with E-state index in [0.29, 0.717) is 32.2 Å². The zero-order valence-corrected chi connectivity index (χ0v) is 15.6. The maximum absolute atomic E-state index is 12.5. The Morgan fingerprint density at radius 2 is 1.74 bits per heavy atom. The average molecular weight is 421 g/mol. The van der Waals surface area contributed by atoms with Gasteiger partial charge in [-0.2, -0.15) is 0 Å². The Morgan fingerprint density at radius 3 is 2.59 bits per heavy atom. The first-order valence-electron chi connectivity index (χ1n) is 8.18. The molecule has 0 bridgehead atoms. The fourth-order valence-corrected chi connectivity index (χ4v) is 3.18. The SMILES string of the molecule is O=C(Nc1cccc(-c2nc3ccccc3c(=O)o2)c1)c1ccccc1Br. The van der Waals surface area contributed by atoms with Gasteiger partial charge in [-0.15, -0.1) is 0 Å². The van der Waals surface area contributed by atoms with Gasteiger partial charge in [0.25, 0.3) is 5.91 Å². The van der Waals surface area contributed by atoms with Gasteiger partial charge in [0.15, 0.2) is 0 Å². The molecule has 0 aliphatic carbocycles. The number of carbonyl (C=O) groups is 1. The number of benzene rings is 3. The maximum Gasteiger partial charge on any atom is 0.347 e. The van der Waals surface area contributed by atoms with Crippen LogP contribution in [0.5, 0.6) is 0 Å². The molecule has 0 aliphatic rings. The van der Waals surface area contributed by atoms with Crippen molar-refractivity contribution in [1.82, 2.24) is 4.98 Å². The summed E-state index contributed by atoms with van der Waals surface area (Å²) in [6, 6.07) is 21.2. The number of amides is 1. The molecule has 132 valence electrons. The summed E-state index contributed by atoms with van der Waals surface area (Å²) in [5, 5.41) is 3.27. The molecule has 1 N–H and O–H groups in total. The van der Waals surface area contributed by atoms with Crippen LogP contribution in [-0.4, -0.2) is 10.9 Å². The second-order valence-electron chi connectivity index (χ2n) is 5.84. The quantitative estimate of drug-likeness (QED) is 0.513. The summed E-state index contributed by atoms with van der Waals surface area (Å²) in [5.74, 6) is -0.0387. The van der Waals surface area contributed by atoms with Crippen LogP contribution in [0.2, 0.25) is 0 Å². The molecule has 0 unspecified atom stereocenters. The number of nitrogens with one attached hydrogen (secondary N) is 1. The van der Waals surface area contributed by atoms with Gasteiger partial charge in [-0.25, -0.2) is 9.78 Å². The van der Waals surface area contributed by atoms with Crippen molar-refractivity contribution in [2.45, 2.75) is 0 Å². The predicted molar refractivity (Wildman–Crippen MR) is 108 cm³/mol. The molecule has 1 aromatic heterocycles. The number of halogens is 1. The highest BCUT2D eigenvalue weighted by Gasteiger charge is 2.12. The van der Waals surface area contributed by atoms with E-state index in [2.05, 4.69) is 26.2 Å². The third-order valence-corrected chi connectivity index (χ3v) is 4.71. The van der Waals surface area contributed by atoms with Crippen LogP contribution in [0.3, 0.4) is 0 Å². The molecule has 0 atom stereocenters. The van der Waals surface area contributed by atoms with E-state index in [4.69, 9.17) is 4.42 Å². The van der Waals surface area contributed by atoms with Crippen molar-refractivity contribution in [2.75, 3.05) is 5.32 Å². The van der Waals surface area contributed by atoms with Crippen LogP contribution in [-0.2, 0) is 0 Å². The Kier molecular flexibility index (Phi) is 4.56. The molecule has 5 nitrogen and oxygen atoms in total. The van der Waals surface area contributed by atoms with Gasteiger partial charge in [0.05, 0.1) is 16.5 Å². The smallest absolute Gasteiger partial charge is 0.347 e. The van der Waals surface area contributed by atoms with Crippen molar-refractivity contribution in [2.24, 2.45) is 0 Å². The van der Waals surface area contributed by atoms with Gasteiger partial charge < -0.3 is 9.73 Å². The lowest BCUT2D eigenvalue weighted by molar-refractivity contribution is 0.102. The van der Waals surface area contributed by atoms with E-state index in [-0.39, 0.29) is 11.8 Å². The van der Waals surface area contributed by atoms with Gasteiger partial charge in [0.1, 0.15) is 0 Å². The summed E-state index contributed by atoms with van der Waals surface area (Å²) < 4.78 is 6.06. The molecule has 1 heterocycles. The molecule has 0 saturated heterocycles. The highest BCUT2D eigenvalue weighted by Crippen LogP contribution is 2.23. The number of rotatable bonds is 3. The summed E-state index contributed by atoms with van der Waals surface area (Å²) in [6.45, 7) is 0. The molecule has 6 heteroatoms. The summed E-state index contributed by atoms with van der Waals surface area (Å²) in [6.07, 6.45) is 0. The lowest BCUT2D eigenvalue weighted by atomic mass is 10.1. The summed E-state index contributed by atoms with van der Waals surface area (Å²) >= 11 is 3.37. The largest absolute Gasteiger partial charge is 0.403 e. The first-order chi connectivity index (χ1) is 13.1. The number of hydrogen-bond acceptors (Lipinski definition) is 4. The molecule has 0 saturated carbocycles. The van der Waals surface area contributed by atoms with Gasteiger partial charge >= 0.3 is 5.63 Å². The number of para-hydroxylation sites is 1. The number of nitrogens with zero attached hydrogens (tertiary/aromatic N) is 1. The molecule has 4 rings (SSSR count). The third-order valence-electron chi connectivity index (χ3n) is 4.02. The standard InChI is InChI=1S/C21H13BrN2O3/c22-17-10-3-1-8-15(17)19(25)23-14-7-5-6-13(12-14)20-24-18-11-4-2-9-16(18)21(26)27-20/h1-12H,(H,23,25). The first kappa shape index (κ1) is 17.2. The maximum atomic E-state index is 12.5. The van der Waals surface area contributed by atoms with Crippen LogP contribution in [0.4, 0.5) is 5.69 Å². The van der Waals surface area contributed by atoms with E-state index in [1.807, 2.05) is 12.1 Å². The highest BCUT2D eigenvalue weighted by atomic mass is 79.9. The Balaban J connectivity index is 1.68. The predicted octanol–water partition coefficient (Wildman–Crippen LogP) is 4.87. The molecule has 27 heavy (non-hydrogen) atoms.